The first-order chi connectivity index (χ1) is 26.5. The molecule has 56 heavy (non-hydrogen) atoms. The fourth-order valence-electron chi connectivity index (χ4n) is 9.39. The van der Waals surface area contributed by atoms with Gasteiger partial charge in [0.1, 0.15) is 24.0 Å². The van der Waals surface area contributed by atoms with Gasteiger partial charge in [-0.05, 0) is 95.5 Å². The van der Waals surface area contributed by atoms with Crippen LogP contribution in [-0.2, 0) is 42.9 Å². The van der Waals surface area contributed by atoms with Gasteiger partial charge in [0.25, 0.3) is 11.7 Å². The van der Waals surface area contributed by atoms with Crippen molar-refractivity contribution >= 4 is 23.4 Å². The van der Waals surface area contributed by atoms with E-state index in [1.54, 1.807) is 21.0 Å². The number of rotatable bonds is 6. The Labute approximate surface area is 333 Å². The van der Waals surface area contributed by atoms with Gasteiger partial charge in [-0.2, -0.15) is 0 Å². The van der Waals surface area contributed by atoms with Crippen LogP contribution in [0.4, 0.5) is 0 Å². The summed E-state index contributed by atoms with van der Waals surface area (Å²) in [6, 6.07) is -1.13. The third kappa shape index (κ3) is 10.7. The van der Waals surface area contributed by atoms with E-state index in [4.69, 9.17) is 23.7 Å². The highest BCUT2D eigenvalue weighted by Gasteiger charge is 2.56. The summed E-state index contributed by atoms with van der Waals surface area (Å²) in [5, 5.41) is 34.1. The molecule has 1 saturated carbocycles. The Hall–Kier alpha value is -2.52. The molecule has 13 heteroatoms. The first-order valence-electron chi connectivity index (χ1n) is 20.8. The number of ether oxygens (including phenoxy) is 5. The monoisotopic (exact) mass is 791 g/mol. The van der Waals surface area contributed by atoms with Crippen molar-refractivity contribution in [2.75, 3.05) is 27.9 Å². The Morgan fingerprint density at radius 1 is 0.911 bits per heavy atom. The summed E-state index contributed by atoms with van der Waals surface area (Å²) in [6.07, 6.45) is 3.72. The molecular weight excluding hydrogens is 722 g/mol. The zero-order valence-electron chi connectivity index (χ0n) is 35.1. The van der Waals surface area contributed by atoms with Crippen LogP contribution in [0.3, 0.4) is 0 Å². The maximum atomic E-state index is 14.3. The Balaban J connectivity index is 1.76. The van der Waals surface area contributed by atoms with Crippen LogP contribution in [0.5, 0.6) is 0 Å². The molecule has 0 aromatic heterocycles. The van der Waals surface area contributed by atoms with Gasteiger partial charge in [0.05, 0.1) is 30.5 Å². The van der Waals surface area contributed by atoms with Gasteiger partial charge in [-0.3, -0.25) is 14.4 Å². The molecule has 4 aliphatic rings. The number of amides is 1. The van der Waals surface area contributed by atoms with E-state index in [0.717, 1.165) is 5.57 Å². The maximum Gasteiger partial charge on any atom is 0.329 e. The minimum Gasteiger partial charge on any atom is -0.456 e. The summed E-state index contributed by atoms with van der Waals surface area (Å²) in [6.45, 7) is 11.3. The molecule has 318 valence electrons. The van der Waals surface area contributed by atoms with Gasteiger partial charge in [-0.25, -0.2) is 4.79 Å². The zero-order valence-corrected chi connectivity index (χ0v) is 35.1. The van der Waals surface area contributed by atoms with Crippen molar-refractivity contribution < 1.29 is 58.2 Å². The van der Waals surface area contributed by atoms with Crippen LogP contribution < -0.4 is 0 Å². The normalized spacial score (nSPS) is 40.6. The molecule has 3 fully saturated rings. The maximum absolute atomic E-state index is 14.3. The number of aliphatic hydroxyl groups is 3. The number of piperidine rings is 1. The lowest BCUT2D eigenvalue weighted by Crippen LogP contribution is -2.64. The third-order valence-electron chi connectivity index (χ3n) is 12.9. The number of carbonyl (C=O) groups excluding carboxylic acids is 4. The van der Waals surface area contributed by atoms with Crippen LogP contribution in [0, 0.1) is 29.6 Å². The number of Topliss-reactive ketones (excluding diaryl/α,β-unsaturated/α-hetero) is 2. The lowest BCUT2D eigenvalue weighted by Gasteiger charge is -2.47. The highest BCUT2D eigenvalue weighted by atomic mass is 16.7. The summed E-state index contributed by atoms with van der Waals surface area (Å²) in [4.78, 5) is 57.6. The molecule has 3 heterocycles. The SMILES string of the molecule is CC[C@@H]1C=C(C)C[C@H](C)C[C@H](OC)[C@H]2O[C@@](O)(C(=O)C(=O)N3CCCC[C@@H]3C(=O)O[C@H](/C(C)=C/[C@@H]3CC[C@H](O)[C@H](OC)C3)[C@H](C)[C@H](O)CC1=O)[C@H](C)C[C@@H]2OC. The number of nitrogens with zero attached hydrogens (tertiary/aromatic N) is 1. The predicted octanol–water partition coefficient (Wildman–Crippen LogP) is 4.47. The molecule has 13 nitrogen and oxygen atoms in total. The van der Waals surface area contributed by atoms with Gasteiger partial charge in [-0.15, -0.1) is 0 Å². The van der Waals surface area contributed by atoms with E-state index in [-0.39, 0.29) is 49.5 Å². The van der Waals surface area contributed by atoms with Crippen molar-refractivity contribution in [3.8, 4) is 0 Å². The Bertz CT molecular complexity index is 1430. The molecule has 0 unspecified atom stereocenters. The summed E-state index contributed by atoms with van der Waals surface area (Å²) in [5.74, 6) is -7.50. The molecule has 1 amide bonds. The van der Waals surface area contributed by atoms with Crippen LogP contribution in [-0.4, -0.2) is 126 Å². The molecule has 14 atom stereocenters. The zero-order chi connectivity index (χ0) is 41.5. The molecule has 2 bridgehead atoms. The van der Waals surface area contributed by atoms with Crippen molar-refractivity contribution in [1.82, 2.24) is 4.90 Å². The predicted molar refractivity (Wildman–Crippen MR) is 208 cm³/mol. The van der Waals surface area contributed by atoms with Gasteiger partial charge in [0.2, 0.25) is 5.79 Å². The second-order valence-corrected chi connectivity index (χ2v) is 17.2. The molecule has 1 aliphatic carbocycles. The van der Waals surface area contributed by atoms with E-state index in [9.17, 15) is 34.5 Å². The first kappa shape index (κ1) is 46.2. The van der Waals surface area contributed by atoms with Gasteiger partial charge < -0.3 is 43.9 Å². The second kappa shape index (κ2) is 20.4. The number of aliphatic hydroxyl groups excluding tert-OH is 2. The Morgan fingerprint density at radius 2 is 1.57 bits per heavy atom. The molecule has 0 aromatic rings. The average molecular weight is 792 g/mol. The van der Waals surface area contributed by atoms with Crippen molar-refractivity contribution in [2.24, 2.45) is 29.6 Å². The number of fused-ring (bicyclic) bond motifs is 3. The molecule has 3 aliphatic heterocycles. The minimum absolute atomic E-state index is 0.000914. The summed E-state index contributed by atoms with van der Waals surface area (Å²) in [5.41, 5.74) is 1.66. The van der Waals surface area contributed by atoms with Crippen molar-refractivity contribution in [3.63, 3.8) is 0 Å². The van der Waals surface area contributed by atoms with E-state index in [2.05, 4.69) is 6.92 Å². The molecule has 2 saturated heterocycles. The van der Waals surface area contributed by atoms with Crippen molar-refractivity contribution in [3.05, 3.63) is 23.3 Å². The standard InChI is InChI=1S/C43H69NO12/c1-10-30-18-24(2)17-25(3)19-36(53-8)39-37(54-9)21-27(5)43(51,56-39)40(48)41(49)44-16-12-11-13-31(44)42(50)55-38(28(6)33(46)23-34(30)47)26(4)20-29-14-15-32(45)35(22-29)52-7/h18,20,25,27-33,35-39,45-46,51H,10-17,19,21-23H2,1-9H3/b24-18?,26-20+/t25-,27+,28+,29-,30+,31+,32-,33+,35+,36-,37-,38+,39+,43+/m0/s1. The van der Waals surface area contributed by atoms with Crippen molar-refractivity contribution in [2.45, 2.75) is 167 Å². The van der Waals surface area contributed by atoms with Gasteiger partial charge in [-0.1, -0.05) is 45.4 Å². The van der Waals surface area contributed by atoms with E-state index < -0.39 is 83.9 Å². The van der Waals surface area contributed by atoms with E-state index in [1.165, 1.54) is 19.1 Å². The van der Waals surface area contributed by atoms with Crippen LogP contribution >= 0.6 is 0 Å². The van der Waals surface area contributed by atoms with Crippen LogP contribution in [0.2, 0.25) is 0 Å². The quantitative estimate of drug-likeness (QED) is 0.196. The number of allylic oxidation sites excluding steroid dienone is 3. The number of hydrogen-bond donors (Lipinski definition) is 3. The summed E-state index contributed by atoms with van der Waals surface area (Å²) in [7, 11) is 4.63. The van der Waals surface area contributed by atoms with Gasteiger partial charge >= 0.3 is 5.97 Å². The number of methoxy groups -OCH3 is 3. The molecular formula is C43H69NO12. The molecule has 0 radical (unpaired) electrons. The number of esters is 1. The lowest BCUT2D eigenvalue weighted by atomic mass is 9.81. The number of carbonyl (C=O) groups is 4. The van der Waals surface area contributed by atoms with Crippen LogP contribution in [0.25, 0.3) is 0 Å². The largest absolute Gasteiger partial charge is 0.456 e. The van der Waals surface area contributed by atoms with E-state index >= 15 is 0 Å². The molecule has 3 N–H and O–H groups in total. The smallest absolute Gasteiger partial charge is 0.329 e. The minimum atomic E-state index is -2.50. The molecule has 0 aromatic carbocycles. The van der Waals surface area contributed by atoms with Crippen LogP contribution in [0.1, 0.15) is 112 Å². The Kier molecular flexibility index (Phi) is 16.9. The first-order valence-corrected chi connectivity index (χ1v) is 20.8. The topological polar surface area (TPSA) is 178 Å². The number of ketones is 2. The van der Waals surface area contributed by atoms with Gasteiger partial charge in [0, 0.05) is 52.0 Å². The average Bonchev–Trinajstić information content (AvgIpc) is 3.18. The van der Waals surface area contributed by atoms with Gasteiger partial charge in [0.15, 0.2) is 0 Å². The van der Waals surface area contributed by atoms with Crippen LogP contribution in [0.15, 0.2) is 23.3 Å². The Morgan fingerprint density at radius 3 is 2.21 bits per heavy atom. The second-order valence-electron chi connectivity index (χ2n) is 17.2. The summed E-state index contributed by atoms with van der Waals surface area (Å²) >= 11 is 0. The van der Waals surface area contributed by atoms with E-state index in [0.29, 0.717) is 56.9 Å². The fraction of sp³-hybridized carbons (Fsp3) is 0.814. The number of cyclic esters (lactones) is 1. The lowest BCUT2D eigenvalue weighted by molar-refractivity contribution is -0.302. The summed E-state index contributed by atoms with van der Waals surface area (Å²) < 4.78 is 29.7. The number of hydrogen-bond acceptors (Lipinski definition) is 12. The fourth-order valence-corrected chi connectivity index (χ4v) is 9.39. The molecule has 4 rings (SSSR count). The highest BCUT2D eigenvalue weighted by Crippen LogP contribution is 2.39. The highest BCUT2D eigenvalue weighted by molar-refractivity contribution is 6.39. The van der Waals surface area contributed by atoms with E-state index in [1.807, 2.05) is 32.9 Å². The molecule has 0 spiro atoms. The third-order valence-corrected chi connectivity index (χ3v) is 12.9. The van der Waals surface area contributed by atoms with Crippen molar-refractivity contribution in [1.29, 1.82) is 0 Å².